The van der Waals surface area contributed by atoms with Crippen LogP contribution in [-0.2, 0) is 9.59 Å². The smallest absolute Gasteiger partial charge is 0.237 e. The highest BCUT2D eigenvalue weighted by Crippen LogP contribution is 2.43. The number of fused-ring (bicyclic) bond motifs is 2. The summed E-state index contributed by atoms with van der Waals surface area (Å²) in [6, 6.07) is 13.7. The van der Waals surface area contributed by atoms with Crippen molar-refractivity contribution in [3.05, 3.63) is 42.5 Å². The number of anilines is 1. The van der Waals surface area contributed by atoms with Crippen LogP contribution in [0.2, 0.25) is 0 Å². The van der Waals surface area contributed by atoms with Gasteiger partial charge in [-0.25, -0.2) is 4.90 Å². The molecule has 1 saturated carbocycles. The summed E-state index contributed by atoms with van der Waals surface area (Å²) in [5.41, 5.74) is 0.746. The van der Waals surface area contributed by atoms with E-state index in [4.69, 9.17) is 0 Å². The highest BCUT2D eigenvalue weighted by Gasteiger charge is 2.50. The number of nitrogens with zero attached hydrogens (tertiary/aromatic N) is 1. The van der Waals surface area contributed by atoms with Gasteiger partial charge in [0.1, 0.15) is 0 Å². The Morgan fingerprint density at radius 2 is 1.64 bits per heavy atom. The van der Waals surface area contributed by atoms with E-state index < -0.39 is 0 Å². The predicted octanol–water partition coefficient (Wildman–Crippen LogP) is 3.77. The minimum absolute atomic E-state index is 0.00162. The van der Waals surface area contributed by atoms with E-state index in [2.05, 4.69) is 6.92 Å². The Morgan fingerprint density at radius 1 is 0.909 bits per heavy atom. The maximum atomic E-state index is 12.8. The molecule has 2 fully saturated rings. The number of carbonyl (C=O) groups excluding carboxylic acids is 2. The van der Waals surface area contributed by atoms with Gasteiger partial charge in [0.15, 0.2) is 0 Å². The van der Waals surface area contributed by atoms with Crippen LogP contribution >= 0.6 is 0 Å². The molecule has 0 aromatic heterocycles. The maximum absolute atomic E-state index is 12.8. The minimum atomic E-state index is -0.116. The van der Waals surface area contributed by atoms with Crippen LogP contribution in [0.25, 0.3) is 10.8 Å². The molecule has 0 spiro atoms. The number of hydrogen-bond acceptors (Lipinski definition) is 2. The highest BCUT2D eigenvalue weighted by atomic mass is 16.2. The third-order valence-corrected chi connectivity index (χ3v) is 5.20. The van der Waals surface area contributed by atoms with E-state index in [9.17, 15) is 9.59 Å². The zero-order chi connectivity index (χ0) is 15.3. The molecule has 112 valence electrons. The van der Waals surface area contributed by atoms with Crippen molar-refractivity contribution >= 4 is 28.3 Å². The second kappa shape index (κ2) is 4.94. The van der Waals surface area contributed by atoms with E-state index in [1.165, 1.54) is 4.90 Å². The zero-order valence-corrected chi connectivity index (χ0v) is 12.7. The average Bonchev–Trinajstić information content (AvgIpc) is 2.78. The van der Waals surface area contributed by atoms with Gasteiger partial charge in [0.05, 0.1) is 17.5 Å². The van der Waals surface area contributed by atoms with Crippen molar-refractivity contribution in [1.29, 1.82) is 0 Å². The van der Waals surface area contributed by atoms with E-state index >= 15 is 0 Å². The maximum Gasteiger partial charge on any atom is 0.237 e. The molecule has 3 nitrogen and oxygen atoms in total. The van der Waals surface area contributed by atoms with Crippen molar-refractivity contribution in [2.75, 3.05) is 4.90 Å². The van der Waals surface area contributed by atoms with Crippen LogP contribution in [0.15, 0.2) is 42.5 Å². The quantitative estimate of drug-likeness (QED) is 0.751. The molecule has 4 rings (SSSR count). The van der Waals surface area contributed by atoms with Crippen molar-refractivity contribution in [3.63, 3.8) is 0 Å². The average molecular weight is 293 g/mol. The number of rotatable bonds is 1. The fraction of sp³-hybridized carbons (Fsp3) is 0.368. The number of imide groups is 1. The fourth-order valence-corrected chi connectivity index (χ4v) is 4.03. The number of hydrogen-bond donors (Lipinski definition) is 0. The molecule has 0 bridgehead atoms. The van der Waals surface area contributed by atoms with Gasteiger partial charge in [-0.3, -0.25) is 9.59 Å². The van der Waals surface area contributed by atoms with Crippen molar-refractivity contribution in [2.24, 2.45) is 17.8 Å². The van der Waals surface area contributed by atoms with Gasteiger partial charge in [0.2, 0.25) is 11.8 Å². The van der Waals surface area contributed by atoms with Gasteiger partial charge < -0.3 is 0 Å². The fourth-order valence-electron chi connectivity index (χ4n) is 4.03. The topological polar surface area (TPSA) is 37.4 Å². The first-order valence-electron chi connectivity index (χ1n) is 8.02. The Morgan fingerprint density at radius 3 is 2.50 bits per heavy atom. The molecular weight excluding hydrogens is 274 g/mol. The Hall–Kier alpha value is -2.16. The molecule has 1 aliphatic carbocycles. The summed E-state index contributed by atoms with van der Waals surface area (Å²) in [5.74, 6) is 0.305. The van der Waals surface area contributed by atoms with Crippen molar-refractivity contribution in [1.82, 2.24) is 0 Å². The molecule has 0 radical (unpaired) electrons. The SMILES string of the molecule is C[C@@H]1CC[C@H]2C(=O)N(c3cccc4ccccc34)C(=O)[C@@H]2C1. The molecular formula is C19H19NO2. The summed E-state index contributed by atoms with van der Waals surface area (Å²) >= 11 is 0. The van der Waals surface area contributed by atoms with E-state index in [-0.39, 0.29) is 23.7 Å². The van der Waals surface area contributed by atoms with E-state index in [1.807, 2.05) is 42.5 Å². The lowest BCUT2D eigenvalue weighted by Gasteiger charge is -2.25. The molecule has 3 atom stereocenters. The second-order valence-electron chi connectivity index (χ2n) is 6.64. The lowest BCUT2D eigenvalue weighted by molar-refractivity contribution is -0.122. The largest absolute Gasteiger partial charge is 0.274 e. The van der Waals surface area contributed by atoms with Crippen molar-refractivity contribution in [2.45, 2.75) is 26.2 Å². The molecule has 22 heavy (non-hydrogen) atoms. The Bertz CT molecular complexity index is 762. The first kappa shape index (κ1) is 13.5. The van der Waals surface area contributed by atoms with Crippen LogP contribution in [0.3, 0.4) is 0 Å². The number of benzene rings is 2. The molecule has 0 unspecified atom stereocenters. The van der Waals surface area contributed by atoms with Crippen molar-refractivity contribution in [3.8, 4) is 0 Å². The molecule has 2 amide bonds. The molecule has 1 saturated heterocycles. The third kappa shape index (κ3) is 1.88. The number of amides is 2. The van der Waals surface area contributed by atoms with Gasteiger partial charge in [-0.05, 0) is 36.6 Å². The van der Waals surface area contributed by atoms with Crippen LogP contribution in [0.4, 0.5) is 5.69 Å². The molecule has 1 heterocycles. The molecule has 2 aliphatic rings. The normalized spacial score (nSPS) is 28.2. The monoisotopic (exact) mass is 293 g/mol. The summed E-state index contributed by atoms with van der Waals surface area (Å²) in [7, 11) is 0. The molecule has 2 aromatic rings. The Labute approximate surface area is 129 Å². The third-order valence-electron chi connectivity index (χ3n) is 5.20. The highest BCUT2D eigenvalue weighted by molar-refractivity contribution is 6.24. The van der Waals surface area contributed by atoms with E-state index in [1.54, 1.807) is 0 Å². The van der Waals surface area contributed by atoms with Gasteiger partial charge in [-0.2, -0.15) is 0 Å². The molecule has 0 N–H and O–H groups in total. The van der Waals surface area contributed by atoms with Crippen molar-refractivity contribution < 1.29 is 9.59 Å². The predicted molar refractivity (Wildman–Crippen MR) is 86.4 cm³/mol. The summed E-state index contributed by atoms with van der Waals surface area (Å²) in [5, 5.41) is 2.03. The van der Waals surface area contributed by atoms with Gasteiger partial charge in [0, 0.05) is 5.39 Å². The van der Waals surface area contributed by atoms with Crippen LogP contribution in [-0.4, -0.2) is 11.8 Å². The molecule has 1 aliphatic heterocycles. The van der Waals surface area contributed by atoms with E-state index in [0.717, 1.165) is 35.7 Å². The zero-order valence-electron chi connectivity index (χ0n) is 12.7. The molecule has 2 aromatic carbocycles. The van der Waals surface area contributed by atoms with Gasteiger partial charge in [-0.15, -0.1) is 0 Å². The van der Waals surface area contributed by atoms with Crippen LogP contribution in [0.1, 0.15) is 26.2 Å². The van der Waals surface area contributed by atoms with Gasteiger partial charge in [0.25, 0.3) is 0 Å². The standard InChI is InChI=1S/C19H19NO2/c1-12-9-10-15-16(11-12)19(22)20(18(15)21)17-8-4-6-13-5-2-3-7-14(13)17/h2-8,12,15-16H,9-11H2,1H3/t12-,15-,16-/m1/s1. The summed E-state index contributed by atoms with van der Waals surface area (Å²) in [4.78, 5) is 27.1. The van der Waals surface area contributed by atoms with Crippen LogP contribution in [0, 0.1) is 17.8 Å². The molecule has 3 heteroatoms. The summed E-state index contributed by atoms with van der Waals surface area (Å²) in [6.07, 6.45) is 2.73. The minimum Gasteiger partial charge on any atom is -0.274 e. The Kier molecular flexibility index (Phi) is 3.03. The van der Waals surface area contributed by atoms with Crippen LogP contribution in [0.5, 0.6) is 0 Å². The number of carbonyl (C=O) groups is 2. The summed E-state index contributed by atoms with van der Waals surface area (Å²) < 4.78 is 0. The first-order chi connectivity index (χ1) is 10.7. The van der Waals surface area contributed by atoms with Gasteiger partial charge in [-0.1, -0.05) is 43.3 Å². The van der Waals surface area contributed by atoms with Gasteiger partial charge >= 0.3 is 0 Å². The summed E-state index contributed by atoms with van der Waals surface area (Å²) in [6.45, 7) is 2.18. The Balaban J connectivity index is 1.82. The second-order valence-corrected chi connectivity index (χ2v) is 6.64. The lowest BCUT2D eigenvalue weighted by atomic mass is 9.76. The first-order valence-corrected chi connectivity index (χ1v) is 8.02. The van der Waals surface area contributed by atoms with E-state index in [0.29, 0.717) is 5.92 Å². The van der Waals surface area contributed by atoms with Crippen LogP contribution < -0.4 is 4.90 Å². The lowest BCUT2D eigenvalue weighted by Crippen LogP contribution is -2.31.